The maximum Gasteiger partial charge on any atom is 0.251 e. The van der Waals surface area contributed by atoms with E-state index in [0.717, 1.165) is 16.3 Å². The maximum absolute atomic E-state index is 12.7. The summed E-state index contributed by atoms with van der Waals surface area (Å²) >= 11 is 0. The van der Waals surface area contributed by atoms with Crippen LogP contribution in [0.15, 0.2) is 97.1 Å². The Morgan fingerprint density at radius 2 is 1.28 bits per heavy atom. The normalized spacial score (nSPS) is 11.6. The minimum Gasteiger partial charge on any atom is -0.368 e. The van der Waals surface area contributed by atoms with Gasteiger partial charge in [0.15, 0.2) is 5.78 Å². The summed E-state index contributed by atoms with van der Waals surface area (Å²) in [6, 6.07) is 28.2. The number of nitrogens with two attached hydrogens (primary N) is 1. The third kappa shape index (κ3) is 4.73. The molecule has 4 aromatic carbocycles. The second kappa shape index (κ2) is 9.27. The molecule has 0 heterocycles. The fraction of sp³-hybridized carbons (Fsp3) is 0.0741. The summed E-state index contributed by atoms with van der Waals surface area (Å²) in [4.78, 5) is 37.3. The first-order valence-electron chi connectivity index (χ1n) is 10.3. The van der Waals surface area contributed by atoms with Crippen LogP contribution in [-0.4, -0.2) is 23.6 Å². The summed E-state index contributed by atoms with van der Waals surface area (Å²) in [5.74, 6) is -1.06. The van der Waals surface area contributed by atoms with Crippen LogP contribution in [0.1, 0.15) is 31.8 Å². The van der Waals surface area contributed by atoms with Crippen molar-refractivity contribution in [1.29, 1.82) is 0 Å². The second-order valence-electron chi connectivity index (χ2n) is 7.59. The van der Waals surface area contributed by atoms with Crippen LogP contribution in [0, 0.1) is 0 Å². The Balaban J connectivity index is 1.46. The molecular formula is C27H22N2O3. The van der Waals surface area contributed by atoms with Crippen LogP contribution < -0.4 is 11.1 Å². The smallest absolute Gasteiger partial charge is 0.251 e. The number of hydrogen-bond acceptors (Lipinski definition) is 3. The molecule has 0 aliphatic heterocycles. The molecule has 0 bridgehead atoms. The average Bonchev–Trinajstić information content (AvgIpc) is 2.83. The highest BCUT2D eigenvalue weighted by Crippen LogP contribution is 2.16. The van der Waals surface area contributed by atoms with E-state index in [1.807, 2.05) is 48.5 Å². The number of rotatable bonds is 7. The molecule has 5 nitrogen and oxygen atoms in total. The van der Waals surface area contributed by atoms with Gasteiger partial charge in [-0.3, -0.25) is 14.4 Å². The SMILES string of the molecule is NC(=O)[C@H](Cc1ccc(C(=O)c2ccccc2)cc1)NC(=O)c1ccc2ccccc2c1. The Morgan fingerprint density at radius 3 is 1.97 bits per heavy atom. The van der Waals surface area contributed by atoms with E-state index in [1.54, 1.807) is 48.5 Å². The fourth-order valence-electron chi connectivity index (χ4n) is 3.58. The van der Waals surface area contributed by atoms with Gasteiger partial charge in [0, 0.05) is 23.1 Å². The van der Waals surface area contributed by atoms with Gasteiger partial charge in [-0.1, -0.05) is 84.9 Å². The first kappa shape index (κ1) is 21.0. The molecule has 3 N–H and O–H groups in total. The van der Waals surface area contributed by atoms with Crippen LogP contribution in [0.4, 0.5) is 0 Å². The highest BCUT2D eigenvalue weighted by Gasteiger charge is 2.20. The van der Waals surface area contributed by atoms with Crippen molar-refractivity contribution in [3.63, 3.8) is 0 Å². The Kier molecular flexibility index (Phi) is 6.08. The predicted molar refractivity (Wildman–Crippen MR) is 124 cm³/mol. The lowest BCUT2D eigenvalue weighted by Gasteiger charge is -2.16. The van der Waals surface area contributed by atoms with E-state index in [4.69, 9.17) is 5.73 Å². The van der Waals surface area contributed by atoms with Gasteiger partial charge < -0.3 is 11.1 Å². The van der Waals surface area contributed by atoms with Gasteiger partial charge in [0.1, 0.15) is 6.04 Å². The van der Waals surface area contributed by atoms with Crippen molar-refractivity contribution >= 4 is 28.4 Å². The second-order valence-corrected chi connectivity index (χ2v) is 7.59. The lowest BCUT2D eigenvalue weighted by molar-refractivity contribution is -0.119. The topological polar surface area (TPSA) is 89.3 Å². The summed E-state index contributed by atoms with van der Waals surface area (Å²) in [6.07, 6.45) is 0.231. The zero-order valence-corrected chi connectivity index (χ0v) is 17.3. The van der Waals surface area contributed by atoms with Crippen molar-refractivity contribution in [2.45, 2.75) is 12.5 Å². The van der Waals surface area contributed by atoms with Gasteiger partial charge in [-0.2, -0.15) is 0 Å². The van der Waals surface area contributed by atoms with E-state index < -0.39 is 11.9 Å². The molecule has 0 aliphatic carbocycles. The molecule has 0 unspecified atom stereocenters. The van der Waals surface area contributed by atoms with Gasteiger partial charge in [0.05, 0.1) is 0 Å². The van der Waals surface area contributed by atoms with E-state index in [2.05, 4.69) is 5.32 Å². The quantitative estimate of drug-likeness (QED) is 0.443. The molecular weight excluding hydrogens is 400 g/mol. The number of carbonyl (C=O) groups excluding carboxylic acids is 3. The molecule has 158 valence electrons. The molecule has 5 heteroatoms. The van der Waals surface area contributed by atoms with E-state index >= 15 is 0 Å². The van der Waals surface area contributed by atoms with Gasteiger partial charge >= 0.3 is 0 Å². The number of fused-ring (bicyclic) bond motifs is 1. The van der Waals surface area contributed by atoms with Gasteiger partial charge in [-0.15, -0.1) is 0 Å². The average molecular weight is 422 g/mol. The van der Waals surface area contributed by atoms with Gasteiger partial charge in [-0.25, -0.2) is 0 Å². The molecule has 0 fully saturated rings. The third-order valence-electron chi connectivity index (χ3n) is 5.35. The molecule has 1 atom stereocenters. The Morgan fingerprint density at radius 1 is 0.688 bits per heavy atom. The summed E-state index contributed by atoms with van der Waals surface area (Å²) < 4.78 is 0. The standard InChI is InChI=1S/C27H22N2O3/c28-26(31)24(29-27(32)23-15-14-19-6-4-5-9-22(19)17-23)16-18-10-12-21(13-11-18)25(30)20-7-2-1-3-8-20/h1-15,17,24H,16H2,(H2,28,31)(H,29,32)/t24-/m0/s1. The lowest BCUT2D eigenvalue weighted by atomic mass is 9.99. The lowest BCUT2D eigenvalue weighted by Crippen LogP contribution is -2.45. The van der Waals surface area contributed by atoms with Crippen molar-refractivity contribution in [1.82, 2.24) is 5.32 Å². The highest BCUT2D eigenvalue weighted by atomic mass is 16.2. The number of benzene rings is 4. The van der Waals surface area contributed by atoms with Crippen molar-refractivity contribution in [3.8, 4) is 0 Å². The molecule has 0 radical (unpaired) electrons. The van der Waals surface area contributed by atoms with Crippen molar-refractivity contribution < 1.29 is 14.4 Å². The third-order valence-corrected chi connectivity index (χ3v) is 5.35. The highest BCUT2D eigenvalue weighted by molar-refractivity contribution is 6.09. The Labute approximate surface area is 185 Å². The largest absolute Gasteiger partial charge is 0.368 e. The molecule has 0 aromatic heterocycles. The summed E-state index contributed by atoms with van der Waals surface area (Å²) in [5.41, 5.74) is 7.95. The van der Waals surface area contributed by atoms with Crippen molar-refractivity contribution in [3.05, 3.63) is 119 Å². The van der Waals surface area contributed by atoms with Crippen LogP contribution in [0.25, 0.3) is 10.8 Å². The van der Waals surface area contributed by atoms with Crippen LogP contribution in [-0.2, 0) is 11.2 Å². The van der Waals surface area contributed by atoms with Gasteiger partial charge in [0.2, 0.25) is 5.91 Å². The molecule has 32 heavy (non-hydrogen) atoms. The van der Waals surface area contributed by atoms with E-state index in [-0.39, 0.29) is 18.1 Å². The van der Waals surface area contributed by atoms with Crippen LogP contribution in [0.2, 0.25) is 0 Å². The molecule has 4 aromatic rings. The van der Waals surface area contributed by atoms with E-state index in [0.29, 0.717) is 16.7 Å². The van der Waals surface area contributed by atoms with E-state index in [1.165, 1.54) is 0 Å². The maximum atomic E-state index is 12.7. The first-order valence-corrected chi connectivity index (χ1v) is 10.3. The van der Waals surface area contributed by atoms with Crippen molar-refractivity contribution in [2.75, 3.05) is 0 Å². The monoisotopic (exact) mass is 422 g/mol. The van der Waals surface area contributed by atoms with Crippen LogP contribution in [0.5, 0.6) is 0 Å². The molecule has 2 amide bonds. The number of primary amides is 1. The Bertz CT molecular complexity index is 1280. The minimum absolute atomic E-state index is 0.0757. The van der Waals surface area contributed by atoms with Crippen molar-refractivity contribution in [2.24, 2.45) is 5.73 Å². The minimum atomic E-state index is -0.871. The van der Waals surface area contributed by atoms with Crippen LogP contribution in [0.3, 0.4) is 0 Å². The number of carbonyl (C=O) groups is 3. The fourth-order valence-corrected chi connectivity index (χ4v) is 3.58. The van der Waals surface area contributed by atoms with Gasteiger partial charge in [0.25, 0.3) is 5.91 Å². The number of nitrogens with one attached hydrogen (secondary N) is 1. The number of ketones is 1. The number of amides is 2. The molecule has 4 rings (SSSR count). The van der Waals surface area contributed by atoms with Gasteiger partial charge in [-0.05, 0) is 28.5 Å². The summed E-state index contributed by atoms with van der Waals surface area (Å²) in [6.45, 7) is 0. The van der Waals surface area contributed by atoms with Crippen LogP contribution >= 0.6 is 0 Å². The number of hydrogen-bond donors (Lipinski definition) is 2. The zero-order chi connectivity index (χ0) is 22.5. The Hall–Kier alpha value is -4.25. The zero-order valence-electron chi connectivity index (χ0n) is 17.3. The first-order chi connectivity index (χ1) is 15.5. The molecule has 0 aliphatic rings. The van der Waals surface area contributed by atoms with E-state index in [9.17, 15) is 14.4 Å². The molecule has 0 saturated heterocycles. The summed E-state index contributed by atoms with van der Waals surface area (Å²) in [7, 11) is 0. The predicted octanol–water partition coefficient (Wildman–Crippen LogP) is 3.90. The molecule has 0 spiro atoms. The summed E-state index contributed by atoms with van der Waals surface area (Å²) in [5, 5.41) is 4.70. The molecule has 0 saturated carbocycles.